The number of rotatable bonds is 8. The summed E-state index contributed by atoms with van der Waals surface area (Å²) in [4.78, 5) is 19.5. The first-order chi connectivity index (χ1) is 7.54. The van der Waals surface area contributed by atoms with Gasteiger partial charge in [-0.2, -0.15) is 0 Å². The fourth-order valence-corrected chi connectivity index (χ4v) is 1.04. The summed E-state index contributed by atoms with van der Waals surface area (Å²) in [5.74, 6) is -1.86. The van der Waals surface area contributed by atoms with Gasteiger partial charge in [-0.25, -0.2) is 0 Å². The Morgan fingerprint density at radius 2 is 1.06 bits per heavy atom. The Hall–Kier alpha value is -0.464. The molecule has 0 aromatic heterocycles. The van der Waals surface area contributed by atoms with Crippen LogP contribution in [0.3, 0.4) is 0 Å². The van der Waals surface area contributed by atoms with Gasteiger partial charge in [0.15, 0.2) is 0 Å². The van der Waals surface area contributed by atoms with Crippen LogP contribution in [0.25, 0.3) is 0 Å². The van der Waals surface area contributed by atoms with Crippen LogP contribution in [0.15, 0.2) is 0 Å². The fraction of sp³-hybridized carbons (Fsp3) is 0.833. The van der Waals surface area contributed by atoms with Gasteiger partial charge in [0.25, 0.3) is 0 Å². The molecule has 0 aliphatic carbocycles. The minimum atomic E-state index is -0.932. The molecule has 18 heavy (non-hydrogen) atoms. The molecule has 0 aromatic rings. The average Bonchev–Trinajstić information content (AvgIpc) is 2.18. The van der Waals surface area contributed by atoms with E-state index in [1.807, 2.05) is 13.8 Å². The van der Waals surface area contributed by atoms with Crippen LogP contribution in [0, 0.1) is 0 Å². The van der Waals surface area contributed by atoms with Crippen molar-refractivity contribution in [3.8, 4) is 0 Å². The molecule has 0 bridgehead atoms. The summed E-state index contributed by atoms with van der Waals surface area (Å²) in [6.07, 6.45) is 6.07. The van der Waals surface area contributed by atoms with Crippen LogP contribution in [0.1, 0.15) is 65.2 Å². The summed E-state index contributed by atoms with van der Waals surface area (Å²) >= 11 is 0. The van der Waals surface area contributed by atoms with E-state index in [0.717, 1.165) is 38.5 Å². The van der Waals surface area contributed by atoms with Gasteiger partial charge in [0.1, 0.15) is 0 Å². The molecule has 1 N–H and O–H groups in total. The molecule has 0 heterocycles. The quantitative estimate of drug-likeness (QED) is 0.465. The zero-order chi connectivity index (χ0) is 12.8. The Labute approximate surface area is 122 Å². The van der Waals surface area contributed by atoms with Gasteiger partial charge in [-0.1, -0.05) is 39.5 Å². The van der Waals surface area contributed by atoms with Crippen molar-refractivity contribution in [3.05, 3.63) is 0 Å². The van der Waals surface area contributed by atoms with E-state index in [4.69, 9.17) is 0 Å². The SMILES string of the molecule is CCCCCC(=O)[O-].CCCCCC(=O)[O-].[Ga+3].[OH-]. The molecule has 0 aliphatic rings. The number of carboxylic acids is 2. The normalized spacial score (nSPS) is 8.11. The Kier molecular flexibility index (Phi) is 31.7. The van der Waals surface area contributed by atoms with E-state index in [0.29, 0.717) is 0 Å². The maximum Gasteiger partial charge on any atom is 3.00 e. The van der Waals surface area contributed by atoms with Crippen LogP contribution in [-0.4, -0.2) is 37.2 Å². The second-order valence-corrected chi connectivity index (χ2v) is 3.66. The Balaban J connectivity index is -0.0000000980. The van der Waals surface area contributed by atoms with E-state index >= 15 is 0 Å². The van der Waals surface area contributed by atoms with Crippen LogP contribution >= 0.6 is 0 Å². The predicted octanol–water partition coefficient (Wildman–Crippen LogP) is 0.0756. The summed E-state index contributed by atoms with van der Waals surface area (Å²) in [7, 11) is 0. The van der Waals surface area contributed by atoms with E-state index in [-0.39, 0.29) is 38.1 Å². The van der Waals surface area contributed by atoms with E-state index in [2.05, 4.69) is 0 Å². The van der Waals surface area contributed by atoms with Crippen molar-refractivity contribution in [2.24, 2.45) is 0 Å². The Morgan fingerprint density at radius 1 is 0.778 bits per heavy atom. The van der Waals surface area contributed by atoms with Crippen LogP contribution in [0.2, 0.25) is 0 Å². The zero-order valence-corrected chi connectivity index (χ0v) is 13.7. The third-order valence-corrected chi connectivity index (χ3v) is 1.97. The molecule has 0 unspecified atom stereocenters. The van der Waals surface area contributed by atoms with Crippen molar-refractivity contribution in [3.63, 3.8) is 0 Å². The monoisotopic (exact) mass is 316 g/mol. The number of hydrogen-bond acceptors (Lipinski definition) is 5. The molecule has 0 amide bonds. The summed E-state index contributed by atoms with van der Waals surface area (Å²) in [6.45, 7) is 4.07. The molecular formula is C12H23GaO5. The van der Waals surface area contributed by atoms with Crippen molar-refractivity contribution >= 4 is 31.7 Å². The molecule has 0 aliphatic heterocycles. The summed E-state index contributed by atoms with van der Waals surface area (Å²) < 4.78 is 0. The van der Waals surface area contributed by atoms with Gasteiger partial charge in [-0.3, -0.25) is 0 Å². The van der Waals surface area contributed by atoms with Gasteiger partial charge in [-0.05, 0) is 25.7 Å². The van der Waals surface area contributed by atoms with Gasteiger partial charge in [0, 0.05) is 11.9 Å². The third kappa shape index (κ3) is 36.1. The molecule has 6 heteroatoms. The van der Waals surface area contributed by atoms with Gasteiger partial charge in [-0.15, -0.1) is 0 Å². The minimum absolute atomic E-state index is 0. The van der Waals surface area contributed by atoms with Crippen LogP contribution < -0.4 is 10.2 Å². The molecule has 0 saturated heterocycles. The first kappa shape index (κ1) is 26.2. The van der Waals surface area contributed by atoms with Crippen LogP contribution in [0.5, 0.6) is 0 Å². The van der Waals surface area contributed by atoms with Gasteiger partial charge >= 0.3 is 19.8 Å². The second-order valence-electron chi connectivity index (χ2n) is 3.66. The number of carbonyl (C=O) groups is 2. The van der Waals surface area contributed by atoms with E-state index in [1.165, 1.54) is 0 Å². The number of unbranched alkanes of at least 4 members (excludes halogenated alkanes) is 4. The molecule has 0 spiro atoms. The summed E-state index contributed by atoms with van der Waals surface area (Å²) in [6, 6.07) is 0. The zero-order valence-electron chi connectivity index (χ0n) is 11.3. The number of carboxylic acid groups (broad SMARTS) is 2. The molecule has 0 fully saturated rings. The predicted molar refractivity (Wildman–Crippen MR) is 66.0 cm³/mol. The van der Waals surface area contributed by atoms with Gasteiger partial charge in [0.05, 0.1) is 0 Å². The van der Waals surface area contributed by atoms with Crippen molar-refractivity contribution in [1.29, 1.82) is 0 Å². The van der Waals surface area contributed by atoms with Crippen molar-refractivity contribution in [2.75, 3.05) is 0 Å². The van der Waals surface area contributed by atoms with Gasteiger partial charge < -0.3 is 25.3 Å². The first-order valence-electron chi connectivity index (χ1n) is 5.94. The fourth-order valence-electron chi connectivity index (χ4n) is 1.04. The molecule has 5 nitrogen and oxygen atoms in total. The second kappa shape index (κ2) is 21.8. The molecule has 0 saturated carbocycles. The molecular weight excluding hydrogens is 294 g/mol. The Morgan fingerprint density at radius 3 is 1.22 bits per heavy atom. The summed E-state index contributed by atoms with van der Waals surface area (Å²) in [5.41, 5.74) is 0. The van der Waals surface area contributed by atoms with Crippen LogP contribution in [0.4, 0.5) is 0 Å². The summed E-state index contributed by atoms with van der Waals surface area (Å²) in [5, 5.41) is 19.5. The Bertz CT molecular complexity index is 165. The maximum atomic E-state index is 9.76. The standard InChI is InChI=1S/2C6H12O2.Ga.H2O/c2*1-2-3-4-5-6(7)8;;/h2*2-5H2,1H3,(H,7,8);;1H2/q;;+3;/p-3. The van der Waals surface area contributed by atoms with E-state index in [1.54, 1.807) is 0 Å². The average molecular weight is 317 g/mol. The smallest absolute Gasteiger partial charge is 0.870 e. The number of carbonyl (C=O) groups excluding carboxylic acids is 2. The molecule has 0 atom stereocenters. The van der Waals surface area contributed by atoms with E-state index < -0.39 is 11.9 Å². The van der Waals surface area contributed by atoms with Gasteiger partial charge in [0.2, 0.25) is 0 Å². The number of aliphatic carboxylic acids is 2. The topological polar surface area (TPSA) is 110 Å². The van der Waals surface area contributed by atoms with Crippen LogP contribution in [-0.2, 0) is 9.59 Å². The van der Waals surface area contributed by atoms with Crippen molar-refractivity contribution in [2.45, 2.75) is 65.2 Å². The number of hydrogen-bond donors (Lipinski definition) is 0. The largest absolute Gasteiger partial charge is 3.00 e. The van der Waals surface area contributed by atoms with Crippen molar-refractivity contribution < 1.29 is 25.3 Å². The first-order valence-corrected chi connectivity index (χ1v) is 5.94. The maximum absolute atomic E-state index is 9.76. The molecule has 104 valence electrons. The minimum Gasteiger partial charge on any atom is -0.870 e. The van der Waals surface area contributed by atoms with Crippen molar-refractivity contribution in [1.82, 2.24) is 0 Å². The van der Waals surface area contributed by atoms with E-state index in [9.17, 15) is 19.8 Å². The molecule has 0 radical (unpaired) electrons. The third-order valence-electron chi connectivity index (χ3n) is 1.97. The molecule has 0 aromatic carbocycles. The molecule has 0 rings (SSSR count).